The average molecular weight is 509 g/mol. The molecule has 0 bridgehead atoms. The van der Waals surface area contributed by atoms with Crippen LogP contribution in [-0.2, 0) is 12.3 Å². The summed E-state index contributed by atoms with van der Waals surface area (Å²) in [5.41, 5.74) is 4.37. The highest BCUT2D eigenvalue weighted by Gasteiger charge is 2.17. The van der Waals surface area contributed by atoms with E-state index in [2.05, 4.69) is 14.9 Å². The van der Waals surface area contributed by atoms with Crippen LogP contribution in [0.1, 0.15) is 53.6 Å². The van der Waals surface area contributed by atoms with Gasteiger partial charge in [0, 0.05) is 28.6 Å². The molecule has 1 saturated carbocycles. The van der Waals surface area contributed by atoms with Crippen LogP contribution >= 0.6 is 23.4 Å². The van der Waals surface area contributed by atoms with Crippen molar-refractivity contribution in [2.75, 3.05) is 0 Å². The highest BCUT2D eigenvalue weighted by atomic mass is 35.5. The largest absolute Gasteiger partial charge is 0.349 e. The minimum Gasteiger partial charge on any atom is -0.349 e. The van der Waals surface area contributed by atoms with Crippen LogP contribution in [0.2, 0.25) is 5.02 Å². The van der Waals surface area contributed by atoms with Crippen LogP contribution in [-0.4, -0.2) is 26.5 Å². The molecule has 1 aliphatic carbocycles. The van der Waals surface area contributed by atoms with Gasteiger partial charge in [-0.3, -0.25) is 9.78 Å². The number of carbonyl (C=O) groups is 1. The molecule has 1 N–H and O–H groups in total. The minimum atomic E-state index is -0.349. The molecule has 0 radical (unpaired) electrons. The topological polar surface area (TPSA) is 59.8 Å². The zero-order valence-electron chi connectivity index (χ0n) is 19.2. The summed E-state index contributed by atoms with van der Waals surface area (Å²) in [6.07, 6.45) is 9.30. The fourth-order valence-corrected chi connectivity index (χ4v) is 5.78. The van der Waals surface area contributed by atoms with Crippen molar-refractivity contribution in [2.24, 2.45) is 0 Å². The quantitative estimate of drug-likeness (QED) is 0.285. The van der Waals surface area contributed by atoms with Gasteiger partial charge in [-0.1, -0.05) is 60.8 Å². The van der Waals surface area contributed by atoms with E-state index in [1.54, 1.807) is 24.0 Å². The lowest BCUT2D eigenvalue weighted by atomic mass is 9.95. The molecule has 5 nitrogen and oxygen atoms in total. The number of hydrogen-bond donors (Lipinski definition) is 1. The summed E-state index contributed by atoms with van der Waals surface area (Å²) < 4.78 is 15.5. The van der Waals surface area contributed by atoms with Crippen molar-refractivity contribution >= 4 is 40.3 Å². The molecule has 35 heavy (non-hydrogen) atoms. The highest BCUT2D eigenvalue weighted by molar-refractivity contribution is 7.98. The Balaban J connectivity index is 1.33. The second-order valence-electron chi connectivity index (χ2n) is 8.87. The molecule has 1 fully saturated rings. The lowest BCUT2D eigenvalue weighted by Gasteiger charge is -2.22. The van der Waals surface area contributed by atoms with Crippen LogP contribution in [0.3, 0.4) is 0 Å². The first-order valence-electron chi connectivity index (χ1n) is 11.8. The molecule has 0 saturated heterocycles. The second-order valence-corrected chi connectivity index (χ2v) is 10.2. The minimum absolute atomic E-state index is 0.00634. The number of thioether (sulfide) groups is 1. The molecule has 1 amide bonds. The van der Waals surface area contributed by atoms with E-state index < -0.39 is 0 Å². The van der Waals surface area contributed by atoms with Crippen LogP contribution in [0, 0.1) is 5.82 Å². The molecule has 8 heteroatoms. The summed E-state index contributed by atoms with van der Waals surface area (Å²) in [4.78, 5) is 21.7. The zero-order chi connectivity index (χ0) is 24.2. The molecule has 4 aromatic rings. The molecule has 0 atom stereocenters. The van der Waals surface area contributed by atoms with E-state index in [1.165, 1.54) is 31.4 Å². The summed E-state index contributed by atoms with van der Waals surface area (Å²) in [5.74, 6) is 0.210. The van der Waals surface area contributed by atoms with Crippen molar-refractivity contribution in [1.82, 2.24) is 19.9 Å². The lowest BCUT2D eigenvalue weighted by Crippen LogP contribution is -2.36. The average Bonchev–Trinajstić information content (AvgIpc) is 3.22. The number of fused-ring (bicyclic) bond motifs is 1. The van der Waals surface area contributed by atoms with Gasteiger partial charge in [-0.25, -0.2) is 9.37 Å². The van der Waals surface area contributed by atoms with E-state index in [9.17, 15) is 9.18 Å². The maximum atomic E-state index is 13.4. The first kappa shape index (κ1) is 23.8. The first-order chi connectivity index (χ1) is 17.1. The van der Waals surface area contributed by atoms with Crippen molar-refractivity contribution in [3.05, 3.63) is 88.5 Å². The maximum Gasteiger partial charge on any atom is 0.251 e. The van der Waals surface area contributed by atoms with Gasteiger partial charge in [0.15, 0.2) is 5.16 Å². The Labute approximate surface area is 213 Å². The van der Waals surface area contributed by atoms with Gasteiger partial charge < -0.3 is 9.88 Å². The van der Waals surface area contributed by atoms with Crippen molar-refractivity contribution in [2.45, 2.75) is 55.6 Å². The lowest BCUT2D eigenvalue weighted by molar-refractivity contribution is 0.0927. The Bertz CT molecular complexity index is 1340. The predicted molar refractivity (Wildman–Crippen MR) is 138 cm³/mol. The molecular formula is C27H26ClFN4OS. The van der Waals surface area contributed by atoms with Gasteiger partial charge in [0.1, 0.15) is 5.82 Å². The fraction of sp³-hybridized carbons (Fsp3) is 0.296. The third kappa shape index (κ3) is 5.68. The Hall–Kier alpha value is -2.90. The molecule has 5 rings (SSSR count). The van der Waals surface area contributed by atoms with Crippen LogP contribution in [0.4, 0.5) is 4.39 Å². The van der Waals surface area contributed by atoms with Gasteiger partial charge >= 0.3 is 0 Å². The van der Waals surface area contributed by atoms with E-state index in [4.69, 9.17) is 16.6 Å². The molecule has 0 aliphatic heterocycles. The summed E-state index contributed by atoms with van der Waals surface area (Å²) in [7, 11) is 0. The molecule has 0 spiro atoms. The summed E-state index contributed by atoms with van der Waals surface area (Å²) >= 11 is 7.77. The molecule has 2 aromatic heterocycles. The van der Waals surface area contributed by atoms with E-state index in [0.29, 0.717) is 22.9 Å². The number of nitrogens with zero attached hydrogens (tertiary/aromatic N) is 3. The van der Waals surface area contributed by atoms with E-state index in [1.807, 2.05) is 36.5 Å². The Morgan fingerprint density at radius 3 is 2.69 bits per heavy atom. The molecule has 180 valence electrons. The number of hydrogen-bond acceptors (Lipinski definition) is 4. The van der Waals surface area contributed by atoms with E-state index >= 15 is 0 Å². The van der Waals surface area contributed by atoms with Crippen molar-refractivity contribution in [3.63, 3.8) is 0 Å². The van der Waals surface area contributed by atoms with Crippen LogP contribution in [0.15, 0.2) is 66.1 Å². The monoisotopic (exact) mass is 508 g/mol. The Kier molecular flexibility index (Phi) is 7.35. The van der Waals surface area contributed by atoms with Gasteiger partial charge in [0.25, 0.3) is 5.91 Å². The zero-order valence-corrected chi connectivity index (χ0v) is 20.8. The van der Waals surface area contributed by atoms with Gasteiger partial charge in [-0.05, 0) is 54.3 Å². The number of amides is 1. The van der Waals surface area contributed by atoms with Gasteiger partial charge in [-0.15, -0.1) is 0 Å². The number of pyridine rings is 1. The number of halogens is 2. The van der Waals surface area contributed by atoms with E-state index in [-0.39, 0.29) is 17.8 Å². The SMILES string of the molecule is O=C(NC1CCCCC1)c1ccc(Cn2c(SCc3ccc(F)cc3Cl)nc3ccncc32)cc1. The molecule has 2 heterocycles. The Morgan fingerprint density at radius 1 is 1.11 bits per heavy atom. The van der Waals surface area contributed by atoms with Crippen molar-refractivity contribution < 1.29 is 9.18 Å². The van der Waals surface area contributed by atoms with Gasteiger partial charge in [0.2, 0.25) is 0 Å². The molecule has 0 unspecified atom stereocenters. The Morgan fingerprint density at radius 2 is 1.91 bits per heavy atom. The number of imidazole rings is 1. The van der Waals surface area contributed by atoms with Crippen LogP contribution in [0.25, 0.3) is 11.0 Å². The standard InChI is InChI=1S/C27H26ClFN4OS/c28-23-14-21(29)11-10-20(23)17-35-27-32-24-12-13-30-15-25(24)33(27)16-18-6-8-19(9-7-18)26(34)31-22-4-2-1-3-5-22/h6-15,22H,1-5,16-17H2,(H,31,34). The van der Waals surface area contributed by atoms with Gasteiger partial charge in [-0.2, -0.15) is 0 Å². The third-order valence-corrected chi connectivity index (χ3v) is 7.76. The van der Waals surface area contributed by atoms with Crippen LogP contribution in [0.5, 0.6) is 0 Å². The smallest absolute Gasteiger partial charge is 0.251 e. The van der Waals surface area contributed by atoms with Gasteiger partial charge in [0.05, 0.1) is 23.8 Å². The molecule has 2 aromatic carbocycles. The third-order valence-electron chi connectivity index (χ3n) is 6.38. The molecule has 1 aliphatic rings. The molecular weight excluding hydrogens is 483 g/mol. The van der Waals surface area contributed by atoms with Crippen molar-refractivity contribution in [3.8, 4) is 0 Å². The number of benzene rings is 2. The second kappa shape index (κ2) is 10.8. The maximum absolute atomic E-state index is 13.4. The van der Waals surface area contributed by atoms with E-state index in [0.717, 1.165) is 40.2 Å². The summed E-state index contributed by atoms with van der Waals surface area (Å²) in [6.45, 7) is 0.589. The summed E-state index contributed by atoms with van der Waals surface area (Å²) in [6, 6.07) is 14.4. The fourth-order valence-electron chi connectivity index (χ4n) is 4.45. The predicted octanol–water partition coefficient (Wildman–Crippen LogP) is 6.63. The summed E-state index contributed by atoms with van der Waals surface area (Å²) in [5, 5.41) is 4.41. The highest BCUT2D eigenvalue weighted by Crippen LogP contribution is 2.30. The number of rotatable bonds is 7. The normalized spacial score (nSPS) is 14.3. The number of carbonyl (C=O) groups excluding carboxylic acids is 1. The van der Waals surface area contributed by atoms with Crippen molar-refractivity contribution in [1.29, 1.82) is 0 Å². The van der Waals surface area contributed by atoms with Crippen LogP contribution < -0.4 is 5.32 Å². The first-order valence-corrected chi connectivity index (χ1v) is 13.2. The number of nitrogens with one attached hydrogen (secondary N) is 1. The number of aromatic nitrogens is 3.